The van der Waals surface area contributed by atoms with Crippen LogP contribution in [0.5, 0.6) is 0 Å². The lowest BCUT2D eigenvalue weighted by molar-refractivity contribution is 0.0589. The highest BCUT2D eigenvalue weighted by Gasteiger charge is 2.38. The normalized spacial score (nSPS) is 21.2. The van der Waals surface area contributed by atoms with E-state index < -0.39 is 0 Å². The first-order chi connectivity index (χ1) is 10.3. The van der Waals surface area contributed by atoms with Crippen LogP contribution in [0.1, 0.15) is 48.9 Å². The summed E-state index contributed by atoms with van der Waals surface area (Å²) in [5.41, 5.74) is 2.44. The number of nitrogens with one attached hydrogen (secondary N) is 1. The molecule has 0 radical (unpaired) electrons. The molecule has 2 heterocycles. The van der Waals surface area contributed by atoms with Crippen molar-refractivity contribution in [2.24, 2.45) is 5.41 Å². The summed E-state index contributed by atoms with van der Waals surface area (Å²) in [6.07, 6.45) is 9.78. The molecule has 1 aromatic carbocycles. The first kappa shape index (κ1) is 12.9. The van der Waals surface area contributed by atoms with Gasteiger partial charge in [0.25, 0.3) is 5.91 Å². The van der Waals surface area contributed by atoms with Crippen LogP contribution >= 0.6 is 0 Å². The van der Waals surface area contributed by atoms with Crippen molar-refractivity contribution in [1.82, 2.24) is 9.88 Å². The minimum atomic E-state index is 0.195. The lowest BCUT2D eigenvalue weighted by atomic mass is 9.77. The number of hydrogen-bond acceptors (Lipinski definition) is 1. The number of amides is 1. The maximum Gasteiger partial charge on any atom is 0.256 e. The van der Waals surface area contributed by atoms with E-state index >= 15 is 0 Å². The van der Waals surface area contributed by atoms with Gasteiger partial charge in [0.05, 0.1) is 5.56 Å². The zero-order chi connectivity index (χ0) is 14.3. The largest absolute Gasteiger partial charge is 0.360 e. The molecule has 0 bridgehead atoms. The molecule has 1 aromatic heterocycles. The predicted molar refractivity (Wildman–Crippen MR) is 84.3 cm³/mol. The molecule has 1 amide bonds. The second-order valence-electron chi connectivity index (χ2n) is 6.75. The fraction of sp³-hybridized carbons (Fsp3) is 0.500. The van der Waals surface area contributed by atoms with Gasteiger partial charge in [0.2, 0.25) is 0 Å². The van der Waals surface area contributed by atoms with Crippen LogP contribution in [0.4, 0.5) is 0 Å². The SMILES string of the molecule is O=C(c1c[nH]c2ccccc12)N1CCC2(CCCC2)CC1. The number of aromatic amines is 1. The summed E-state index contributed by atoms with van der Waals surface area (Å²) < 4.78 is 0. The Morgan fingerprint density at radius 3 is 2.52 bits per heavy atom. The number of nitrogens with zero attached hydrogens (tertiary/aromatic N) is 1. The van der Waals surface area contributed by atoms with E-state index in [0.717, 1.165) is 29.6 Å². The minimum absolute atomic E-state index is 0.195. The number of fused-ring (bicyclic) bond motifs is 1. The fourth-order valence-corrected chi connectivity index (χ4v) is 4.23. The number of rotatable bonds is 1. The molecule has 2 aliphatic rings. The Balaban J connectivity index is 1.53. The fourth-order valence-electron chi connectivity index (χ4n) is 4.23. The van der Waals surface area contributed by atoms with E-state index in [0.29, 0.717) is 5.41 Å². The number of piperidine rings is 1. The monoisotopic (exact) mass is 282 g/mol. The zero-order valence-corrected chi connectivity index (χ0v) is 12.4. The van der Waals surface area contributed by atoms with Gasteiger partial charge in [0, 0.05) is 30.2 Å². The van der Waals surface area contributed by atoms with Crippen molar-refractivity contribution >= 4 is 16.8 Å². The summed E-state index contributed by atoms with van der Waals surface area (Å²) in [5.74, 6) is 0.195. The second-order valence-corrected chi connectivity index (χ2v) is 6.75. The average Bonchev–Trinajstić information content (AvgIpc) is 3.15. The number of likely N-dealkylation sites (tertiary alicyclic amines) is 1. The highest BCUT2D eigenvalue weighted by Crippen LogP contribution is 2.46. The Labute approximate surface area is 125 Å². The molecule has 3 heteroatoms. The third kappa shape index (κ3) is 2.15. The van der Waals surface area contributed by atoms with Gasteiger partial charge in [-0.2, -0.15) is 0 Å². The number of aromatic nitrogens is 1. The van der Waals surface area contributed by atoms with E-state index in [1.165, 1.54) is 38.5 Å². The number of para-hydroxylation sites is 1. The standard InChI is InChI=1S/C18H22N2O/c21-17(15-13-19-16-6-2-1-5-14(15)16)20-11-9-18(10-12-20)7-3-4-8-18/h1-2,5-6,13,19H,3-4,7-12H2. The predicted octanol–water partition coefficient (Wildman–Crippen LogP) is 3.96. The van der Waals surface area contributed by atoms with Crippen molar-refractivity contribution in [3.05, 3.63) is 36.0 Å². The third-order valence-electron chi connectivity index (χ3n) is 5.60. The van der Waals surface area contributed by atoms with Crippen LogP contribution < -0.4 is 0 Å². The van der Waals surface area contributed by atoms with Gasteiger partial charge in [-0.05, 0) is 37.2 Å². The van der Waals surface area contributed by atoms with E-state index in [4.69, 9.17) is 0 Å². The molecular weight excluding hydrogens is 260 g/mol. The van der Waals surface area contributed by atoms with Gasteiger partial charge in [0.15, 0.2) is 0 Å². The van der Waals surface area contributed by atoms with Crippen LogP contribution in [-0.4, -0.2) is 28.9 Å². The van der Waals surface area contributed by atoms with E-state index in [2.05, 4.69) is 9.88 Å². The number of carbonyl (C=O) groups is 1. The number of hydrogen-bond donors (Lipinski definition) is 1. The zero-order valence-electron chi connectivity index (χ0n) is 12.4. The molecule has 21 heavy (non-hydrogen) atoms. The Morgan fingerprint density at radius 1 is 1.05 bits per heavy atom. The molecule has 1 aliphatic carbocycles. The maximum absolute atomic E-state index is 12.8. The van der Waals surface area contributed by atoms with Crippen LogP contribution in [0.2, 0.25) is 0 Å². The second kappa shape index (κ2) is 4.90. The van der Waals surface area contributed by atoms with Gasteiger partial charge >= 0.3 is 0 Å². The van der Waals surface area contributed by atoms with Crippen LogP contribution in [0.15, 0.2) is 30.5 Å². The molecule has 1 aliphatic heterocycles. The quantitative estimate of drug-likeness (QED) is 0.844. The van der Waals surface area contributed by atoms with Crippen LogP contribution in [0.3, 0.4) is 0 Å². The third-order valence-corrected chi connectivity index (χ3v) is 5.60. The van der Waals surface area contributed by atoms with Gasteiger partial charge < -0.3 is 9.88 Å². The van der Waals surface area contributed by atoms with Crippen molar-refractivity contribution in [2.75, 3.05) is 13.1 Å². The van der Waals surface area contributed by atoms with Crippen LogP contribution in [0, 0.1) is 5.41 Å². The molecule has 1 saturated carbocycles. The maximum atomic E-state index is 12.8. The van der Waals surface area contributed by atoms with Gasteiger partial charge in [-0.1, -0.05) is 31.0 Å². The highest BCUT2D eigenvalue weighted by molar-refractivity contribution is 6.06. The molecule has 4 rings (SSSR count). The first-order valence-corrected chi connectivity index (χ1v) is 8.13. The lowest BCUT2D eigenvalue weighted by Gasteiger charge is -2.39. The Kier molecular flexibility index (Phi) is 3.02. The molecule has 1 N–H and O–H groups in total. The van der Waals surface area contributed by atoms with Gasteiger partial charge in [-0.3, -0.25) is 4.79 Å². The molecule has 1 saturated heterocycles. The summed E-state index contributed by atoms with van der Waals surface area (Å²) in [6.45, 7) is 1.86. The summed E-state index contributed by atoms with van der Waals surface area (Å²) in [7, 11) is 0. The number of carbonyl (C=O) groups excluding carboxylic acids is 1. The summed E-state index contributed by atoms with van der Waals surface area (Å²) in [6, 6.07) is 8.05. The van der Waals surface area contributed by atoms with Crippen LogP contribution in [-0.2, 0) is 0 Å². The van der Waals surface area contributed by atoms with E-state index in [-0.39, 0.29) is 5.91 Å². The molecule has 110 valence electrons. The molecule has 2 fully saturated rings. The van der Waals surface area contributed by atoms with E-state index in [9.17, 15) is 4.79 Å². The summed E-state index contributed by atoms with van der Waals surface area (Å²) in [4.78, 5) is 18.0. The molecule has 3 nitrogen and oxygen atoms in total. The average molecular weight is 282 g/mol. The van der Waals surface area contributed by atoms with Gasteiger partial charge in [-0.15, -0.1) is 0 Å². The first-order valence-electron chi connectivity index (χ1n) is 8.13. The van der Waals surface area contributed by atoms with Crippen molar-refractivity contribution in [1.29, 1.82) is 0 Å². The summed E-state index contributed by atoms with van der Waals surface area (Å²) >= 11 is 0. The highest BCUT2D eigenvalue weighted by atomic mass is 16.2. The van der Waals surface area contributed by atoms with Gasteiger partial charge in [-0.25, -0.2) is 0 Å². The molecule has 0 atom stereocenters. The summed E-state index contributed by atoms with van der Waals surface area (Å²) in [5, 5.41) is 1.05. The lowest BCUT2D eigenvalue weighted by Crippen LogP contribution is -2.42. The number of H-pyrrole nitrogens is 1. The molecule has 2 aromatic rings. The van der Waals surface area contributed by atoms with Crippen molar-refractivity contribution < 1.29 is 4.79 Å². The Bertz CT molecular complexity index is 657. The van der Waals surface area contributed by atoms with E-state index in [1.54, 1.807) is 0 Å². The Morgan fingerprint density at radius 2 is 1.76 bits per heavy atom. The van der Waals surface area contributed by atoms with Gasteiger partial charge in [0.1, 0.15) is 0 Å². The van der Waals surface area contributed by atoms with Crippen LogP contribution in [0.25, 0.3) is 10.9 Å². The number of benzene rings is 1. The molecule has 0 unspecified atom stereocenters. The molecular formula is C18H22N2O. The topological polar surface area (TPSA) is 36.1 Å². The molecule has 1 spiro atoms. The Hall–Kier alpha value is -1.77. The van der Waals surface area contributed by atoms with Crippen molar-refractivity contribution in [2.45, 2.75) is 38.5 Å². The van der Waals surface area contributed by atoms with Crippen molar-refractivity contribution in [3.63, 3.8) is 0 Å². The smallest absolute Gasteiger partial charge is 0.256 e. The van der Waals surface area contributed by atoms with Crippen molar-refractivity contribution in [3.8, 4) is 0 Å². The van der Waals surface area contributed by atoms with E-state index in [1.807, 2.05) is 30.5 Å². The minimum Gasteiger partial charge on any atom is -0.360 e.